The summed E-state index contributed by atoms with van der Waals surface area (Å²) in [6.07, 6.45) is 0.553. The molecule has 2 aromatic carbocycles. The number of hydrogen-bond acceptors (Lipinski definition) is 4. The molecular formula is C21H26O4. The van der Waals surface area contributed by atoms with Gasteiger partial charge in [-0.25, -0.2) is 4.79 Å². The van der Waals surface area contributed by atoms with Crippen LogP contribution in [0.2, 0.25) is 0 Å². The van der Waals surface area contributed by atoms with E-state index in [1.165, 1.54) is 0 Å². The van der Waals surface area contributed by atoms with E-state index in [1.54, 1.807) is 38.1 Å². The van der Waals surface area contributed by atoms with E-state index in [2.05, 4.69) is 0 Å². The molecule has 0 saturated heterocycles. The number of carbonyl (C=O) groups excluding carboxylic acids is 1. The zero-order valence-corrected chi connectivity index (χ0v) is 15.3. The van der Waals surface area contributed by atoms with Gasteiger partial charge in [0.1, 0.15) is 5.75 Å². The first-order valence-corrected chi connectivity index (χ1v) is 8.41. The van der Waals surface area contributed by atoms with Gasteiger partial charge in [-0.3, -0.25) is 0 Å². The summed E-state index contributed by atoms with van der Waals surface area (Å²) in [6, 6.07) is 16.2. The fraction of sp³-hybridized carbons (Fsp3) is 0.381. The molecule has 0 fully saturated rings. The first kappa shape index (κ1) is 19.2. The topological polar surface area (TPSA) is 55.8 Å². The Kier molecular flexibility index (Phi) is 5.98. The van der Waals surface area contributed by atoms with Crippen LogP contribution in [0.3, 0.4) is 0 Å². The van der Waals surface area contributed by atoms with Crippen molar-refractivity contribution in [2.24, 2.45) is 0 Å². The van der Waals surface area contributed by atoms with Crippen LogP contribution in [0.15, 0.2) is 54.6 Å². The van der Waals surface area contributed by atoms with Crippen LogP contribution in [0.4, 0.5) is 0 Å². The Morgan fingerprint density at radius 3 is 2.12 bits per heavy atom. The van der Waals surface area contributed by atoms with E-state index in [4.69, 9.17) is 9.47 Å². The summed E-state index contributed by atoms with van der Waals surface area (Å²) in [6.45, 7) is 7.91. The Bertz CT molecular complexity index is 682. The minimum atomic E-state index is -0.749. The molecule has 1 N–H and O–H groups in total. The first-order valence-electron chi connectivity index (χ1n) is 8.41. The summed E-state index contributed by atoms with van der Waals surface area (Å²) >= 11 is 0. The summed E-state index contributed by atoms with van der Waals surface area (Å²) in [5.41, 5.74) is 0.188. The van der Waals surface area contributed by atoms with Gasteiger partial charge < -0.3 is 14.6 Å². The molecular weight excluding hydrogens is 316 g/mol. The lowest BCUT2D eigenvalue weighted by molar-refractivity contribution is -0.0494. The highest BCUT2D eigenvalue weighted by atomic mass is 16.5. The van der Waals surface area contributed by atoms with Gasteiger partial charge in [-0.2, -0.15) is 0 Å². The highest BCUT2D eigenvalue weighted by molar-refractivity contribution is 5.91. The molecule has 0 aliphatic heterocycles. The normalized spacial score (nSPS) is 12.0. The Morgan fingerprint density at radius 1 is 0.960 bits per heavy atom. The smallest absolute Gasteiger partial charge is 0.343 e. The Morgan fingerprint density at radius 2 is 1.56 bits per heavy atom. The van der Waals surface area contributed by atoms with Gasteiger partial charge in [0.05, 0.1) is 23.4 Å². The maximum absolute atomic E-state index is 12.2. The van der Waals surface area contributed by atoms with Gasteiger partial charge in [0.25, 0.3) is 0 Å². The maximum atomic E-state index is 12.2. The molecule has 4 nitrogen and oxygen atoms in total. The molecule has 0 radical (unpaired) electrons. The van der Waals surface area contributed by atoms with Crippen LogP contribution in [0.5, 0.6) is 5.75 Å². The molecule has 0 amide bonds. The van der Waals surface area contributed by atoms with Crippen molar-refractivity contribution >= 4 is 5.97 Å². The second-order valence-electron chi connectivity index (χ2n) is 7.20. The van der Waals surface area contributed by atoms with Gasteiger partial charge in [0.2, 0.25) is 0 Å². The molecule has 4 heteroatoms. The van der Waals surface area contributed by atoms with E-state index in [9.17, 15) is 9.90 Å². The summed E-state index contributed by atoms with van der Waals surface area (Å²) < 4.78 is 11.2. The van der Waals surface area contributed by atoms with E-state index in [1.807, 2.05) is 44.2 Å². The predicted molar refractivity (Wildman–Crippen MR) is 97.7 cm³/mol. The van der Waals surface area contributed by atoms with Crippen molar-refractivity contribution in [2.45, 2.75) is 45.3 Å². The molecule has 0 spiro atoms. The summed E-state index contributed by atoms with van der Waals surface area (Å²) in [5.74, 6) is 0.130. The number of aliphatic hydroxyl groups is 1. The lowest BCUT2D eigenvalue weighted by atomic mass is 9.96. The van der Waals surface area contributed by atoms with Crippen molar-refractivity contribution in [3.8, 4) is 5.75 Å². The van der Waals surface area contributed by atoms with E-state index < -0.39 is 17.2 Å². The number of hydrogen-bond donors (Lipinski definition) is 1. The number of carbonyl (C=O) groups is 1. The standard InChI is InChI=1S/C21H26O4/c1-20(2,23)14-15-24-21(3,4)17-12-10-16(11-13-17)19(22)25-18-8-6-5-7-9-18/h5-13,23H,14-15H2,1-4H3. The fourth-order valence-corrected chi connectivity index (χ4v) is 2.30. The zero-order chi connectivity index (χ0) is 18.5. The average molecular weight is 342 g/mol. The number of benzene rings is 2. The van der Waals surface area contributed by atoms with E-state index in [0.29, 0.717) is 24.3 Å². The Hall–Kier alpha value is -2.17. The van der Waals surface area contributed by atoms with Gasteiger partial charge in [0.15, 0.2) is 0 Å². The fourth-order valence-electron chi connectivity index (χ4n) is 2.30. The third-order valence-corrected chi connectivity index (χ3v) is 3.95. The molecule has 0 atom stereocenters. The van der Waals surface area contributed by atoms with Crippen molar-refractivity contribution in [3.63, 3.8) is 0 Å². The number of rotatable bonds is 7. The van der Waals surface area contributed by atoms with Gasteiger partial charge in [-0.15, -0.1) is 0 Å². The van der Waals surface area contributed by atoms with Crippen molar-refractivity contribution in [1.29, 1.82) is 0 Å². The average Bonchev–Trinajstić information content (AvgIpc) is 2.54. The predicted octanol–water partition coefficient (Wildman–Crippen LogP) is 4.32. The molecule has 25 heavy (non-hydrogen) atoms. The number of ether oxygens (including phenoxy) is 2. The Balaban J connectivity index is 1.99. The van der Waals surface area contributed by atoms with Gasteiger partial charge in [0, 0.05) is 0 Å². The first-order chi connectivity index (χ1) is 11.7. The summed E-state index contributed by atoms with van der Waals surface area (Å²) in [7, 11) is 0. The summed E-state index contributed by atoms with van der Waals surface area (Å²) in [4.78, 5) is 12.2. The van der Waals surface area contributed by atoms with Crippen LogP contribution in [0.1, 0.15) is 50.0 Å². The molecule has 0 unspecified atom stereocenters. The van der Waals surface area contributed by atoms with E-state index in [-0.39, 0.29) is 0 Å². The highest BCUT2D eigenvalue weighted by Gasteiger charge is 2.23. The number of esters is 1. The lowest BCUT2D eigenvalue weighted by Gasteiger charge is -2.28. The molecule has 2 aromatic rings. The highest BCUT2D eigenvalue weighted by Crippen LogP contribution is 2.26. The van der Waals surface area contributed by atoms with Crippen molar-refractivity contribution in [1.82, 2.24) is 0 Å². The second kappa shape index (κ2) is 7.81. The lowest BCUT2D eigenvalue weighted by Crippen LogP contribution is -2.27. The van der Waals surface area contributed by atoms with E-state index in [0.717, 1.165) is 5.56 Å². The molecule has 0 aliphatic carbocycles. The quantitative estimate of drug-likeness (QED) is 0.601. The molecule has 134 valence electrons. The summed E-state index contributed by atoms with van der Waals surface area (Å²) in [5, 5.41) is 9.77. The van der Waals surface area contributed by atoms with Crippen LogP contribution in [0.25, 0.3) is 0 Å². The molecule has 2 rings (SSSR count). The van der Waals surface area contributed by atoms with Crippen molar-refractivity contribution in [3.05, 3.63) is 65.7 Å². The van der Waals surface area contributed by atoms with Crippen molar-refractivity contribution in [2.75, 3.05) is 6.61 Å². The third kappa shape index (κ3) is 6.00. The number of para-hydroxylation sites is 1. The monoisotopic (exact) mass is 342 g/mol. The minimum absolute atomic E-state index is 0.390. The molecule has 0 bridgehead atoms. The molecule has 0 aromatic heterocycles. The van der Waals surface area contributed by atoms with Crippen LogP contribution in [0, 0.1) is 0 Å². The van der Waals surface area contributed by atoms with Gasteiger partial charge in [-0.1, -0.05) is 30.3 Å². The van der Waals surface area contributed by atoms with Crippen molar-refractivity contribution < 1.29 is 19.4 Å². The largest absolute Gasteiger partial charge is 0.423 e. The maximum Gasteiger partial charge on any atom is 0.343 e. The van der Waals surface area contributed by atoms with Gasteiger partial charge >= 0.3 is 5.97 Å². The Labute approximate surface area is 149 Å². The van der Waals surface area contributed by atoms with Crippen LogP contribution < -0.4 is 4.74 Å². The SMILES string of the molecule is CC(C)(O)CCOC(C)(C)c1ccc(C(=O)Oc2ccccc2)cc1. The van der Waals surface area contributed by atoms with Crippen LogP contribution in [-0.2, 0) is 10.3 Å². The zero-order valence-electron chi connectivity index (χ0n) is 15.3. The molecule has 0 saturated carbocycles. The molecule has 0 aliphatic rings. The third-order valence-electron chi connectivity index (χ3n) is 3.95. The van der Waals surface area contributed by atoms with E-state index >= 15 is 0 Å². The molecule has 0 heterocycles. The second-order valence-corrected chi connectivity index (χ2v) is 7.20. The minimum Gasteiger partial charge on any atom is -0.423 e. The van der Waals surface area contributed by atoms with Crippen LogP contribution in [-0.4, -0.2) is 23.3 Å². The van der Waals surface area contributed by atoms with Crippen LogP contribution >= 0.6 is 0 Å². The van der Waals surface area contributed by atoms with Gasteiger partial charge in [-0.05, 0) is 63.9 Å².